The highest BCUT2D eigenvalue weighted by molar-refractivity contribution is 5.92. The summed E-state index contributed by atoms with van der Waals surface area (Å²) >= 11 is 0. The molecule has 0 unspecified atom stereocenters. The molecular weight excluding hydrogens is 316 g/mol. The zero-order valence-corrected chi connectivity index (χ0v) is 14.1. The van der Waals surface area contributed by atoms with Crippen molar-refractivity contribution in [3.63, 3.8) is 0 Å². The molecule has 7 heteroatoms. The highest BCUT2D eigenvalue weighted by atomic mass is 16.2. The van der Waals surface area contributed by atoms with E-state index in [-0.39, 0.29) is 11.9 Å². The van der Waals surface area contributed by atoms with E-state index < -0.39 is 0 Å². The summed E-state index contributed by atoms with van der Waals surface area (Å²) in [6.45, 7) is 3.42. The van der Waals surface area contributed by atoms with Crippen LogP contribution >= 0.6 is 0 Å². The molecule has 0 spiro atoms. The third kappa shape index (κ3) is 3.17. The first-order chi connectivity index (χ1) is 12.2. The summed E-state index contributed by atoms with van der Waals surface area (Å²) in [5.41, 5.74) is 2.42. The first-order valence-corrected chi connectivity index (χ1v) is 8.48. The van der Waals surface area contributed by atoms with Crippen molar-refractivity contribution in [3.8, 4) is 5.69 Å². The molecule has 25 heavy (non-hydrogen) atoms. The molecule has 7 nitrogen and oxygen atoms in total. The predicted octanol–water partition coefficient (Wildman–Crippen LogP) is 2.25. The number of rotatable bonds is 3. The van der Waals surface area contributed by atoms with E-state index in [1.165, 1.54) is 0 Å². The number of likely N-dealkylation sites (tertiary alicyclic amines) is 1. The SMILES string of the molecule is Cc1cccc(-n2cc(C(=O)N3CCC[C@H](n4cccn4)C3)nn2)c1. The lowest BCUT2D eigenvalue weighted by atomic mass is 10.1. The average Bonchev–Trinajstić information content (AvgIpc) is 3.33. The van der Waals surface area contributed by atoms with Crippen molar-refractivity contribution < 1.29 is 4.79 Å². The standard InChI is InChI=1S/C18H20N6O/c1-14-5-2-6-15(11-14)24-13-17(20-21-24)18(25)22-9-3-7-16(12-22)23-10-4-8-19-23/h2,4-6,8,10-11,13,16H,3,7,9,12H2,1H3/t16-/m0/s1. The van der Waals surface area contributed by atoms with Crippen LogP contribution in [0.25, 0.3) is 5.69 Å². The van der Waals surface area contributed by atoms with E-state index in [4.69, 9.17) is 0 Å². The van der Waals surface area contributed by atoms with Gasteiger partial charge in [0.25, 0.3) is 5.91 Å². The average molecular weight is 336 g/mol. The van der Waals surface area contributed by atoms with Crippen LogP contribution in [0.1, 0.15) is 34.9 Å². The molecule has 0 N–H and O–H groups in total. The van der Waals surface area contributed by atoms with Gasteiger partial charge in [-0.05, 0) is 43.5 Å². The van der Waals surface area contributed by atoms with Gasteiger partial charge in [0.15, 0.2) is 5.69 Å². The molecule has 1 aliphatic rings. The van der Waals surface area contributed by atoms with Crippen LogP contribution in [0.4, 0.5) is 0 Å². The molecule has 128 valence electrons. The Morgan fingerprint density at radius 3 is 3.00 bits per heavy atom. The van der Waals surface area contributed by atoms with Gasteiger partial charge in [0.05, 0.1) is 17.9 Å². The van der Waals surface area contributed by atoms with Gasteiger partial charge < -0.3 is 4.90 Å². The maximum Gasteiger partial charge on any atom is 0.276 e. The second kappa shape index (κ2) is 6.51. The summed E-state index contributed by atoms with van der Waals surface area (Å²) < 4.78 is 3.58. The monoisotopic (exact) mass is 336 g/mol. The Hall–Kier alpha value is -2.96. The molecule has 3 aromatic rings. The molecule has 4 rings (SSSR count). The van der Waals surface area contributed by atoms with Gasteiger partial charge >= 0.3 is 0 Å². The van der Waals surface area contributed by atoms with Gasteiger partial charge in [0, 0.05) is 25.5 Å². The number of hydrogen-bond acceptors (Lipinski definition) is 4. The van der Waals surface area contributed by atoms with Crippen molar-refractivity contribution in [3.05, 3.63) is 60.2 Å². The van der Waals surface area contributed by atoms with E-state index in [2.05, 4.69) is 15.4 Å². The summed E-state index contributed by atoms with van der Waals surface area (Å²) in [6, 6.07) is 10.1. The fourth-order valence-electron chi connectivity index (χ4n) is 3.27. The normalized spacial score (nSPS) is 17.6. The van der Waals surface area contributed by atoms with Crippen LogP contribution < -0.4 is 0 Å². The number of aryl methyl sites for hydroxylation is 1. The molecule has 1 aromatic carbocycles. The molecule has 1 saturated heterocycles. The summed E-state index contributed by atoms with van der Waals surface area (Å²) in [5, 5.41) is 12.5. The highest BCUT2D eigenvalue weighted by Gasteiger charge is 2.27. The summed E-state index contributed by atoms with van der Waals surface area (Å²) in [6.07, 6.45) is 7.42. The highest BCUT2D eigenvalue weighted by Crippen LogP contribution is 2.22. The lowest BCUT2D eigenvalue weighted by molar-refractivity contribution is 0.0667. The van der Waals surface area contributed by atoms with Crippen LogP contribution in [-0.4, -0.2) is 48.7 Å². The molecule has 1 amide bonds. The number of amides is 1. The minimum absolute atomic E-state index is 0.0734. The maximum absolute atomic E-state index is 12.8. The minimum atomic E-state index is -0.0734. The lowest BCUT2D eigenvalue weighted by Crippen LogP contribution is -2.41. The second-order valence-corrected chi connectivity index (χ2v) is 6.42. The third-order valence-corrected chi connectivity index (χ3v) is 4.56. The van der Waals surface area contributed by atoms with E-state index in [0.717, 1.165) is 30.6 Å². The Labute approximate surface area is 145 Å². The van der Waals surface area contributed by atoms with E-state index in [1.807, 2.05) is 53.0 Å². The number of aromatic nitrogens is 5. The molecule has 1 fully saturated rings. The number of piperidine rings is 1. The van der Waals surface area contributed by atoms with Crippen molar-refractivity contribution in [2.45, 2.75) is 25.8 Å². The van der Waals surface area contributed by atoms with Crippen LogP contribution in [-0.2, 0) is 0 Å². The van der Waals surface area contributed by atoms with E-state index >= 15 is 0 Å². The Morgan fingerprint density at radius 2 is 2.20 bits per heavy atom. The first kappa shape index (κ1) is 15.6. The largest absolute Gasteiger partial charge is 0.335 e. The van der Waals surface area contributed by atoms with Crippen LogP contribution in [0.15, 0.2) is 48.9 Å². The van der Waals surface area contributed by atoms with Crippen LogP contribution in [0.2, 0.25) is 0 Å². The zero-order chi connectivity index (χ0) is 17.2. The summed E-state index contributed by atoms with van der Waals surface area (Å²) in [4.78, 5) is 14.7. The smallest absolute Gasteiger partial charge is 0.276 e. The van der Waals surface area contributed by atoms with Crippen molar-refractivity contribution in [1.29, 1.82) is 0 Å². The molecule has 0 saturated carbocycles. The van der Waals surface area contributed by atoms with Gasteiger partial charge in [0.1, 0.15) is 0 Å². The quantitative estimate of drug-likeness (QED) is 0.736. The molecule has 1 aliphatic heterocycles. The van der Waals surface area contributed by atoms with Gasteiger partial charge in [0.2, 0.25) is 0 Å². The Morgan fingerprint density at radius 1 is 1.28 bits per heavy atom. The Balaban J connectivity index is 1.51. The summed E-state index contributed by atoms with van der Waals surface area (Å²) in [7, 11) is 0. The van der Waals surface area contributed by atoms with Crippen LogP contribution in [0, 0.1) is 6.92 Å². The van der Waals surface area contributed by atoms with Gasteiger partial charge in [-0.25, -0.2) is 4.68 Å². The molecule has 2 aromatic heterocycles. The number of carbonyl (C=O) groups excluding carboxylic acids is 1. The van der Waals surface area contributed by atoms with E-state index in [9.17, 15) is 4.79 Å². The molecular formula is C18H20N6O. The number of benzene rings is 1. The predicted molar refractivity (Wildman–Crippen MR) is 92.5 cm³/mol. The Bertz CT molecular complexity index is 869. The van der Waals surface area contributed by atoms with Gasteiger partial charge in [-0.1, -0.05) is 17.3 Å². The van der Waals surface area contributed by atoms with Crippen molar-refractivity contribution in [2.75, 3.05) is 13.1 Å². The van der Waals surface area contributed by atoms with Crippen molar-refractivity contribution in [2.24, 2.45) is 0 Å². The Kier molecular flexibility index (Phi) is 4.05. The zero-order valence-electron chi connectivity index (χ0n) is 14.1. The third-order valence-electron chi connectivity index (χ3n) is 4.56. The van der Waals surface area contributed by atoms with E-state index in [0.29, 0.717) is 12.2 Å². The molecule has 0 bridgehead atoms. The molecule has 1 atom stereocenters. The number of carbonyl (C=O) groups is 1. The number of hydrogen-bond donors (Lipinski definition) is 0. The van der Waals surface area contributed by atoms with Gasteiger partial charge in [-0.2, -0.15) is 5.10 Å². The molecule has 0 radical (unpaired) electrons. The number of nitrogens with zero attached hydrogens (tertiary/aromatic N) is 6. The van der Waals surface area contributed by atoms with Gasteiger partial charge in [-0.3, -0.25) is 9.48 Å². The van der Waals surface area contributed by atoms with E-state index in [1.54, 1.807) is 17.1 Å². The van der Waals surface area contributed by atoms with Gasteiger partial charge in [-0.15, -0.1) is 5.10 Å². The van der Waals surface area contributed by atoms with Crippen molar-refractivity contribution >= 4 is 5.91 Å². The second-order valence-electron chi connectivity index (χ2n) is 6.42. The topological polar surface area (TPSA) is 68.8 Å². The van der Waals surface area contributed by atoms with Crippen LogP contribution in [0.3, 0.4) is 0 Å². The lowest BCUT2D eigenvalue weighted by Gasteiger charge is -2.32. The fourth-order valence-corrected chi connectivity index (χ4v) is 3.27. The first-order valence-electron chi connectivity index (χ1n) is 8.48. The fraction of sp³-hybridized carbons (Fsp3) is 0.333. The van der Waals surface area contributed by atoms with Crippen LogP contribution in [0.5, 0.6) is 0 Å². The minimum Gasteiger partial charge on any atom is -0.335 e. The molecule has 3 heterocycles. The molecule has 0 aliphatic carbocycles. The summed E-state index contributed by atoms with van der Waals surface area (Å²) in [5.74, 6) is -0.0734. The van der Waals surface area contributed by atoms with Crippen molar-refractivity contribution in [1.82, 2.24) is 29.7 Å². The maximum atomic E-state index is 12.8.